The molecule has 0 radical (unpaired) electrons. The Morgan fingerprint density at radius 1 is 1.39 bits per heavy atom. The van der Waals surface area contributed by atoms with Crippen molar-refractivity contribution < 1.29 is 4.79 Å². The predicted octanol–water partition coefficient (Wildman–Crippen LogP) is 2.30. The van der Waals surface area contributed by atoms with Crippen LogP contribution in [0.25, 0.3) is 0 Å². The molecule has 104 valence electrons. The maximum Gasteiger partial charge on any atom is 0.224 e. The summed E-state index contributed by atoms with van der Waals surface area (Å²) in [7, 11) is 0. The van der Waals surface area contributed by atoms with E-state index in [9.17, 15) is 4.79 Å². The Morgan fingerprint density at radius 2 is 2.00 bits per heavy atom. The van der Waals surface area contributed by atoms with Crippen LogP contribution in [0, 0.1) is 22.7 Å². The summed E-state index contributed by atoms with van der Waals surface area (Å²) in [6.07, 6.45) is 6.23. The minimum atomic E-state index is -0.0278. The third kappa shape index (κ3) is 3.47. The summed E-state index contributed by atoms with van der Waals surface area (Å²) in [5.74, 6) is 1.04. The Hall–Kier alpha value is -0.570. The second kappa shape index (κ2) is 4.84. The summed E-state index contributed by atoms with van der Waals surface area (Å²) < 4.78 is 0. The summed E-state index contributed by atoms with van der Waals surface area (Å²) in [4.78, 5) is 12.2. The fourth-order valence-corrected chi connectivity index (χ4v) is 3.02. The van der Waals surface area contributed by atoms with Gasteiger partial charge in [0.05, 0.1) is 5.92 Å². The number of nitrogens with two attached hydrogens (primary N) is 1. The van der Waals surface area contributed by atoms with E-state index < -0.39 is 0 Å². The first-order valence-corrected chi connectivity index (χ1v) is 7.34. The Morgan fingerprint density at radius 3 is 2.39 bits per heavy atom. The highest BCUT2D eigenvalue weighted by Gasteiger charge is 2.53. The van der Waals surface area contributed by atoms with E-state index in [0.717, 1.165) is 18.9 Å². The average Bonchev–Trinajstić information content (AvgIpc) is 3.13. The van der Waals surface area contributed by atoms with Crippen molar-refractivity contribution in [2.45, 2.75) is 52.9 Å². The maximum absolute atomic E-state index is 12.2. The molecular formula is C15H28N2O. The maximum atomic E-state index is 12.2. The molecule has 2 rings (SSSR count). The van der Waals surface area contributed by atoms with E-state index in [1.54, 1.807) is 0 Å². The molecule has 1 unspecified atom stereocenters. The van der Waals surface area contributed by atoms with E-state index in [1.807, 2.05) is 0 Å². The molecule has 0 heterocycles. The highest BCUT2D eigenvalue weighted by Crippen LogP contribution is 2.60. The zero-order valence-electron chi connectivity index (χ0n) is 12.1. The van der Waals surface area contributed by atoms with Gasteiger partial charge < -0.3 is 11.1 Å². The lowest BCUT2D eigenvalue weighted by atomic mass is 9.84. The Labute approximate surface area is 111 Å². The minimum Gasteiger partial charge on any atom is -0.355 e. The third-order valence-electron chi connectivity index (χ3n) is 4.46. The van der Waals surface area contributed by atoms with Crippen molar-refractivity contribution in [3.63, 3.8) is 0 Å². The van der Waals surface area contributed by atoms with Gasteiger partial charge in [-0.25, -0.2) is 0 Å². The summed E-state index contributed by atoms with van der Waals surface area (Å²) >= 11 is 0. The lowest BCUT2D eigenvalue weighted by molar-refractivity contribution is -0.125. The smallest absolute Gasteiger partial charge is 0.224 e. The number of amides is 1. The van der Waals surface area contributed by atoms with Gasteiger partial charge in [-0.05, 0) is 48.9 Å². The van der Waals surface area contributed by atoms with Crippen LogP contribution in [0.3, 0.4) is 0 Å². The van der Waals surface area contributed by atoms with Gasteiger partial charge in [0.1, 0.15) is 0 Å². The number of nitrogens with one attached hydrogen (secondary N) is 1. The van der Waals surface area contributed by atoms with Crippen molar-refractivity contribution in [1.82, 2.24) is 5.32 Å². The highest BCUT2D eigenvalue weighted by molar-refractivity contribution is 5.79. The molecule has 2 aliphatic rings. The van der Waals surface area contributed by atoms with E-state index in [4.69, 9.17) is 5.73 Å². The van der Waals surface area contributed by atoms with E-state index in [-0.39, 0.29) is 17.2 Å². The van der Waals surface area contributed by atoms with Gasteiger partial charge in [0.25, 0.3) is 0 Å². The monoisotopic (exact) mass is 252 g/mol. The fourth-order valence-electron chi connectivity index (χ4n) is 3.02. The zero-order chi connectivity index (χ0) is 13.4. The Kier molecular flexibility index (Phi) is 3.72. The first-order valence-electron chi connectivity index (χ1n) is 7.34. The van der Waals surface area contributed by atoms with Gasteiger partial charge in [-0.3, -0.25) is 4.79 Å². The molecule has 18 heavy (non-hydrogen) atoms. The lowest BCUT2D eigenvalue weighted by Crippen LogP contribution is -2.40. The molecular weight excluding hydrogens is 224 g/mol. The molecule has 2 fully saturated rings. The van der Waals surface area contributed by atoms with Crippen LogP contribution in [0.4, 0.5) is 0 Å². The summed E-state index contributed by atoms with van der Waals surface area (Å²) in [5, 5.41) is 3.16. The normalized spacial score (nSPS) is 23.6. The molecule has 0 spiro atoms. The molecule has 2 aliphatic carbocycles. The SMILES string of the molecule is CC(C)(C)CC(CN)C(=O)NCC1(C2CC2)CC1. The fraction of sp³-hybridized carbons (Fsp3) is 0.933. The summed E-state index contributed by atoms with van der Waals surface area (Å²) in [6.45, 7) is 7.83. The van der Waals surface area contributed by atoms with Crippen LogP contribution in [-0.4, -0.2) is 19.0 Å². The van der Waals surface area contributed by atoms with Crippen LogP contribution in [-0.2, 0) is 4.79 Å². The van der Waals surface area contributed by atoms with Gasteiger partial charge in [-0.2, -0.15) is 0 Å². The van der Waals surface area contributed by atoms with E-state index in [0.29, 0.717) is 12.0 Å². The van der Waals surface area contributed by atoms with E-state index in [2.05, 4.69) is 26.1 Å². The van der Waals surface area contributed by atoms with Crippen LogP contribution in [0.1, 0.15) is 52.9 Å². The quantitative estimate of drug-likeness (QED) is 0.762. The van der Waals surface area contributed by atoms with Crippen molar-refractivity contribution in [1.29, 1.82) is 0 Å². The standard InChI is InChI=1S/C15H28N2O/c1-14(2,3)8-11(9-16)13(18)17-10-15(6-7-15)12-4-5-12/h11-12H,4-10,16H2,1-3H3,(H,17,18). The van der Waals surface area contributed by atoms with Gasteiger partial charge in [0.15, 0.2) is 0 Å². The second-order valence-electron chi connectivity index (χ2n) is 7.55. The number of carbonyl (C=O) groups excluding carboxylic acids is 1. The van der Waals surface area contributed by atoms with Crippen LogP contribution in [0.15, 0.2) is 0 Å². The van der Waals surface area contributed by atoms with Crippen molar-refractivity contribution >= 4 is 5.91 Å². The molecule has 3 nitrogen and oxygen atoms in total. The van der Waals surface area contributed by atoms with E-state index in [1.165, 1.54) is 25.7 Å². The van der Waals surface area contributed by atoms with Crippen molar-refractivity contribution in [3.8, 4) is 0 Å². The molecule has 1 amide bonds. The van der Waals surface area contributed by atoms with Gasteiger partial charge in [0.2, 0.25) is 5.91 Å². The molecule has 0 aromatic carbocycles. The topological polar surface area (TPSA) is 55.1 Å². The molecule has 0 aromatic rings. The summed E-state index contributed by atoms with van der Waals surface area (Å²) in [5.41, 5.74) is 6.39. The first-order chi connectivity index (χ1) is 8.36. The van der Waals surface area contributed by atoms with Crippen LogP contribution in [0.2, 0.25) is 0 Å². The second-order valence-corrected chi connectivity index (χ2v) is 7.55. The average molecular weight is 252 g/mol. The van der Waals surface area contributed by atoms with Gasteiger partial charge in [0, 0.05) is 13.1 Å². The number of hydrogen-bond donors (Lipinski definition) is 2. The lowest BCUT2D eigenvalue weighted by Gasteiger charge is -2.25. The van der Waals surface area contributed by atoms with Crippen LogP contribution in [0.5, 0.6) is 0 Å². The number of rotatable bonds is 6. The van der Waals surface area contributed by atoms with Crippen LogP contribution < -0.4 is 11.1 Å². The van der Waals surface area contributed by atoms with Gasteiger partial charge >= 0.3 is 0 Å². The first kappa shape index (κ1) is 13.9. The molecule has 3 N–H and O–H groups in total. The molecule has 1 atom stereocenters. The molecule has 3 heteroatoms. The molecule has 0 aliphatic heterocycles. The van der Waals surface area contributed by atoms with Crippen LogP contribution >= 0.6 is 0 Å². The number of carbonyl (C=O) groups is 1. The van der Waals surface area contributed by atoms with Crippen molar-refractivity contribution in [2.24, 2.45) is 28.4 Å². The molecule has 0 bridgehead atoms. The van der Waals surface area contributed by atoms with Gasteiger partial charge in [-0.1, -0.05) is 20.8 Å². The largest absolute Gasteiger partial charge is 0.355 e. The molecule has 2 saturated carbocycles. The predicted molar refractivity (Wildman–Crippen MR) is 74.0 cm³/mol. The molecule has 0 aromatic heterocycles. The number of hydrogen-bond acceptors (Lipinski definition) is 2. The third-order valence-corrected chi connectivity index (χ3v) is 4.46. The Balaban J connectivity index is 1.79. The van der Waals surface area contributed by atoms with Gasteiger partial charge in [-0.15, -0.1) is 0 Å². The molecule has 0 saturated heterocycles. The van der Waals surface area contributed by atoms with E-state index >= 15 is 0 Å². The van der Waals surface area contributed by atoms with Crippen molar-refractivity contribution in [3.05, 3.63) is 0 Å². The zero-order valence-corrected chi connectivity index (χ0v) is 12.1. The minimum absolute atomic E-state index is 0.0278. The Bertz CT molecular complexity index is 311. The summed E-state index contributed by atoms with van der Waals surface area (Å²) in [6, 6.07) is 0. The van der Waals surface area contributed by atoms with Crippen molar-refractivity contribution in [2.75, 3.05) is 13.1 Å². The highest BCUT2D eigenvalue weighted by atomic mass is 16.1.